The van der Waals surface area contributed by atoms with Crippen LogP contribution in [0.5, 0.6) is 0 Å². The Bertz CT molecular complexity index is 578. The fraction of sp³-hybridized carbons (Fsp3) is 0.500. The highest BCUT2D eigenvalue weighted by Gasteiger charge is 2.32. The van der Waals surface area contributed by atoms with Crippen molar-refractivity contribution in [3.63, 3.8) is 0 Å². The normalized spacial score (nSPS) is 19.7. The molecule has 1 aromatic carbocycles. The van der Waals surface area contributed by atoms with E-state index in [9.17, 15) is 9.59 Å². The number of carbonyl (C=O) groups is 2. The summed E-state index contributed by atoms with van der Waals surface area (Å²) in [5.41, 5.74) is 6.16. The van der Waals surface area contributed by atoms with Crippen LogP contribution in [-0.2, 0) is 9.47 Å². The summed E-state index contributed by atoms with van der Waals surface area (Å²) in [6.07, 6.45) is 1.63. The molecule has 0 aromatic heterocycles. The molecule has 3 N–H and O–H groups in total. The second-order valence-electron chi connectivity index (χ2n) is 5.81. The summed E-state index contributed by atoms with van der Waals surface area (Å²) < 4.78 is 11.1. The highest BCUT2D eigenvalue weighted by Crippen LogP contribution is 2.26. The predicted octanol–water partition coefficient (Wildman–Crippen LogP) is 1.40. The van der Waals surface area contributed by atoms with Crippen LogP contribution in [0.3, 0.4) is 0 Å². The first kappa shape index (κ1) is 15.8. The van der Waals surface area contributed by atoms with Gasteiger partial charge in [0, 0.05) is 30.3 Å². The summed E-state index contributed by atoms with van der Waals surface area (Å²) in [7, 11) is 0. The molecule has 0 aliphatic carbocycles. The minimum absolute atomic E-state index is 0.0372. The van der Waals surface area contributed by atoms with E-state index in [1.165, 1.54) is 0 Å². The summed E-state index contributed by atoms with van der Waals surface area (Å²) in [5, 5.41) is 2.48. The number of anilines is 1. The molecule has 0 radical (unpaired) electrons. The number of benzene rings is 1. The van der Waals surface area contributed by atoms with Gasteiger partial charge in [0.2, 0.25) is 0 Å². The van der Waals surface area contributed by atoms with Gasteiger partial charge in [-0.2, -0.15) is 0 Å². The van der Waals surface area contributed by atoms with Gasteiger partial charge in [0.25, 0.3) is 5.91 Å². The molecule has 3 rings (SSSR count). The summed E-state index contributed by atoms with van der Waals surface area (Å²) in [6, 6.07) is 6.16. The summed E-state index contributed by atoms with van der Waals surface area (Å²) in [4.78, 5) is 25.3. The average Bonchev–Trinajstić information content (AvgIpc) is 3.08. The standard InChI is InChI=1S/C16H21N3O4/c17-16(21)18-13-3-1-2-12(10-13)14(20)19-6-4-11(5-7-19)15-22-8-9-23-15/h1-3,10-11,15H,4-9H2,(H3,17,18,21). The van der Waals surface area contributed by atoms with Crippen LogP contribution in [0.15, 0.2) is 24.3 Å². The number of carbonyl (C=O) groups excluding carboxylic acids is 2. The molecule has 1 aromatic rings. The number of rotatable bonds is 3. The van der Waals surface area contributed by atoms with Gasteiger partial charge in [0.1, 0.15) is 0 Å². The third-order valence-electron chi connectivity index (χ3n) is 4.24. The van der Waals surface area contributed by atoms with Gasteiger partial charge >= 0.3 is 6.03 Å². The third kappa shape index (κ3) is 3.80. The zero-order valence-corrected chi connectivity index (χ0v) is 12.9. The Hall–Kier alpha value is -2.12. The zero-order chi connectivity index (χ0) is 16.2. The first-order valence-electron chi connectivity index (χ1n) is 7.82. The Morgan fingerprint density at radius 2 is 1.87 bits per heavy atom. The Labute approximate surface area is 134 Å². The SMILES string of the molecule is NC(=O)Nc1cccc(C(=O)N2CCC(C3OCCO3)CC2)c1. The molecule has 7 nitrogen and oxygen atoms in total. The first-order valence-corrected chi connectivity index (χ1v) is 7.82. The lowest BCUT2D eigenvalue weighted by molar-refractivity contribution is -0.0956. The van der Waals surface area contributed by atoms with Gasteiger partial charge < -0.3 is 25.4 Å². The maximum absolute atomic E-state index is 12.6. The number of hydrogen-bond donors (Lipinski definition) is 2. The second kappa shape index (κ2) is 6.97. The summed E-state index contributed by atoms with van der Waals surface area (Å²) in [5.74, 6) is 0.314. The largest absolute Gasteiger partial charge is 0.351 e. The van der Waals surface area contributed by atoms with Crippen molar-refractivity contribution in [2.75, 3.05) is 31.6 Å². The quantitative estimate of drug-likeness (QED) is 0.880. The van der Waals surface area contributed by atoms with E-state index >= 15 is 0 Å². The number of urea groups is 1. The molecular formula is C16H21N3O4. The van der Waals surface area contributed by atoms with Gasteiger partial charge in [-0.3, -0.25) is 4.79 Å². The molecule has 2 saturated heterocycles. The Morgan fingerprint density at radius 3 is 2.52 bits per heavy atom. The number of nitrogens with two attached hydrogens (primary N) is 1. The van der Waals surface area contributed by atoms with Crippen LogP contribution in [-0.4, -0.2) is 49.4 Å². The second-order valence-corrected chi connectivity index (χ2v) is 5.81. The lowest BCUT2D eigenvalue weighted by atomic mass is 9.95. The number of nitrogens with one attached hydrogen (secondary N) is 1. The van der Waals surface area contributed by atoms with Crippen LogP contribution in [0, 0.1) is 5.92 Å². The summed E-state index contributed by atoms with van der Waals surface area (Å²) >= 11 is 0. The van der Waals surface area contributed by atoms with Gasteiger partial charge in [0.05, 0.1) is 13.2 Å². The molecule has 124 valence electrons. The molecule has 7 heteroatoms. The summed E-state index contributed by atoms with van der Waals surface area (Å²) in [6.45, 7) is 2.67. The van der Waals surface area contributed by atoms with Gasteiger partial charge in [-0.1, -0.05) is 6.07 Å². The number of piperidine rings is 1. The van der Waals surface area contributed by atoms with E-state index in [4.69, 9.17) is 15.2 Å². The van der Waals surface area contributed by atoms with Crippen molar-refractivity contribution in [2.24, 2.45) is 11.7 Å². The van der Waals surface area contributed by atoms with Crippen LogP contribution < -0.4 is 11.1 Å². The number of ether oxygens (including phenoxy) is 2. The number of amides is 3. The lowest BCUT2D eigenvalue weighted by Crippen LogP contribution is -2.41. The van der Waals surface area contributed by atoms with Gasteiger partial charge in [-0.25, -0.2) is 4.79 Å². The average molecular weight is 319 g/mol. The molecule has 0 saturated carbocycles. The van der Waals surface area contributed by atoms with Crippen LogP contribution in [0.2, 0.25) is 0 Å². The lowest BCUT2D eigenvalue weighted by Gasteiger charge is -2.34. The van der Waals surface area contributed by atoms with Crippen molar-refractivity contribution in [1.29, 1.82) is 0 Å². The van der Waals surface area contributed by atoms with Crippen molar-refractivity contribution in [2.45, 2.75) is 19.1 Å². The molecule has 23 heavy (non-hydrogen) atoms. The van der Waals surface area contributed by atoms with Gasteiger partial charge in [-0.15, -0.1) is 0 Å². The van der Waals surface area contributed by atoms with Crippen molar-refractivity contribution in [3.05, 3.63) is 29.8 Å². The number of likely N-dealkylation sites (tertiary alicyclic amines) is 1. The molecular weight excluding hydrogens is 298 g/mol. The van der Waals surface area contributed by atoms with E-state index in [1.54, 1.807) is 24.3 Å². The smallest absolute Gasteiger partial charge is 0.316 e. The van der Waals surface area contributed by atoms with Crippen LogP contribution in [0.1, 0.15) is 23.2 Å². The molecule has 2 heterocycles. The molecule has 2 fully saturated rings. The van der Waals surface area contributed by atoms with Crippen LogP contribution in [0.25, 0.3) is 0 Å². The minimum atomic E-state index is -0.646. The maximum atomic E-state index is 12.6. The van der Waals surface area contributed by atoms with Gasteiger partial charge in [-0.05, 0) is 31.0 Å². The number of primary amides is 1. The first-order chi connectivity index (χ1) is 11.1. The number of nitrogens with zero attached hydrogens (tertiary/aromatic N) is 1. The van der Waals surface area contributed by atoms with E-state index in [-0.39, 0.29) is 12.2 Å². The zero-order valence-electron chi connectivity index (χ0n) is 12.9. The highest BCUT2D eigenvalue weighted by atomic mass is 16.7. The van der Waals surface area contributed by atoms with E-state index in [1.807, 2.05) is 4.90 Å². The molecule has 3 amide bonds. The third-order valence-corrected chi connectivity index (χ3v) is 4.24. The molecule has 0 spiro atoms. The monoisotopic (exact) mass is 319 g/mol. The Morgan fingerprint density at radius 1 is 1.17 bits per heavy atom. The topological polar surface area (TPSA) is 93.9 Å². The molecule has 2 aliphatic heterocycles. The molecule has 2 aliphatic rings. The van der Waals surface area contributed by atoms with Crippen molar-refractivity contribution >= 4 is 17.6 Å². The molecule has 0 unspecified atom stereocenters. The molecule has 0 atom stereocenters. The molecule has 0 bridgehead atoms. The Balaban J connectivity index is 1.59. The Kier molecular flexibility index (Phi) is 4.78. The fourth-order valence-corrected chi connectivity index (χ4v) is 3.08. The van der Waals surface area contributed by atoms with E-state index in [0.29, 0.717) is 43.5 Å². The van der Waals surface area contributed by atoms with E-state index in [2.05, 4.69) is 5.32 Å². The highest BCUT2D eigenvalue weighted by molar-refractivity contribution is 5.96. The fourth-order valence-electron chi connectivity index (χ4n) is 3.08. The van der Waals surface area contributed by atoms with E-state index < -0.39 is 6.03 Å². The van der Waals surface area contributed by atoms with E-state index in [0.717, 1.165) is 12.8 Å². The maximum Gasteiger partial charge on any atom is 0.316 e. The van der Waals surface area contributed by atoms with Crippen LogP contribution in [0.4, 0.5) is 10.5 Å². The van der Waals surface area contributed by atoms with Crippen molar-refractivity contribution in [3.8, 4) is 0 Å². The van der Waals surface area contributed by atoms with Crippen molar-refractivity contribution < 1.29 is 19.1 Å². The van der Waals surface area contributed by atoms with Crippen molar-refractivity contribution in [1.82, 2.24) is 4.90 Å². The predicted molar refractivity (Wildman–Crippen MR) is 84.0 cm³/mol. The minimum Gasteiger partial charge on any atom is -0.351 e. The van der Waals surface area contributed by atoms with Crippen LogP contribution >= 0.6 is 0 Å². The van der Waals surface area contributed by atoms with Gasteiger partial charge in [0.15, 0.2) is 6.29 Å². The number of hydrogen-bond acceptors (Lipinski definition) is 4.